The Kier molecular flexibility index (Phi) is 4.20. The molecule has 0 radical (unpaired) electrons. The van der Waals surface area contributed by atoms with Gasteiger partial charge in [-0.2, -0.15) is 0 Å². The summed E-state index contributed by atoms with van der Waals surface area (Å²) in [5, 5.41) is 5.64. The minimum absolute atomic E-state index is 0.374. The molecule has 6 heteroatoms. The zero-order chi connectivity index (χ0) is 18.3. The number of anilines is 2. The number of fused-ring (bicyclic) bond motifs is 1. The Bertz CT molecular complexity index is 1080. The molecule has 4 nitrogen and oxygen atoms in total. The zero-order valence-electron chi connectivity index (χ0n) is 14.9. The van der Waals surface area contributed by atoms with Gasteiger partial charge in [0.2, 0.25) is 0 Å². The largest absolute Gasteiger partial charge is 0.339 e. The van der Waals surface area contributed by atoms with Gasteiger partial charge >= 0.3 is 0 Å². The molecule has 0 atom stereocenters. The Morgan fingerprint density at radius 3 is 2.65 bits per heavy atom. The molecule has 0 fully saturated rings. The first kappa shape index (κ1) is 16.7. The van der Waals surface area contributed by atoms with Crippen molar-refractivity contribution >= 4 is 27.8 Å². The number of thiazole rings is 1. The van der Waals surface area contributed by atoms with Gasteiger partial charge in [-0.05, 0) is 37.5 Å². The zero-order valence-corrected chi connectivity index (χ0v) is 15.7. The Morgan fingerprint density at radius 1 is 1.19 bits per heavy atom. The second-order valence-electron chi connectivity index (χ2n) is 6.25. The Morgan fingerprint density at radius 2 is 1.96 bits per heavy atom. The number of aromatic nitrogens is 3. The fourth-order valence-electron chi connectivity index (χ4n) is 3.16. The van der Waals surface area contributed by atoms with E-state index in [1.165, 1.54) is 6.20 Å². The summed E-state index contributed by atoms with van der Waals surface area (Å²) in [7, 11) is 0. The van der Waals surface area contributed by atoms with Crippen LogP contribution in [0.1, 0.15) is 23.7 Å². The molecule has 0 saturated heterocycles. The molecule has 4 aromatic rings. The van der Waals surface area contributed by atoms with Gasteiger partial charge in [0.1, 0.15) is 11.5 Å². The predicted octanol–water partition coefficient (Wildman–Crippen LogP) is 5.52. The number of para-hydroxylation sites is 1. The summed E-state index contributed by atoms with van der Waals surface area (Å²) in [5.41, 5.74) is 5.50. The van der Waals surface area contributed by atoms with E-state index in [2.05, 4.69) is 53.0 Å². The Balaban J connectivity index is 1.98. The maximum absolute atomic E-state index is 14.4. The molecule has 0 amide bonds. The summed E-state index contributed by atoms with van der Waals surface area (Å²) in [6, 6.07) is 7.83. The van der Waals surface area contributed by atoms with Gasteiger partial charge in [-0.3, -0.25) is 9.38 Å². The number of rotatable bonds is 4. The Hall–Kier alpha value is -2.73. The lowest BCUT2D eigenvalue weighted by molar-refractivity contribution is 0.624. The van der Waals surface area contributed by atoms with Gasteiger partial charge in [0.05, 0.1) is 6.20 Å². The van der Waals surface area contributed by atoms with Crippen molar-refractivity contribution < 1.29 is 4.39 Å². The summed E-state index contributed by atoms with van der Waals surface area (Å²) >= 11 is 1.57. The summed E-state index contributed by atoms with van der Waals surface area (Å²) in [5.74, 6) is 0.418. The second kappa shape index (κ2) is 6.53. The number of halogens is 1. The molecule has 132 valence electrons. The molecular formula is C20H19FN4S. The quantitative estimate of drug-likeness (QED) is 0.517. The normalized spacial score (nSPS) is 11.2. The van der Waals surface area contributed by atoms with Crippen LogP contribution in [0.25, 0.3) is 16.2 Å². The molecule has 26 heavy (non-hydrogen) atoms. The fourth-order valence-corrected chi connectivity index (χ4v) is 4.13. The van der Waals surface area contributed by atoms with Crippen LogP contribution in [0.15, 0.2) is 42.0 Å². The van der Waals surface area contributed by atoms with Crippen LogP contribution < -0.4 is 5.32 Å². The molecule has 1 aromatic carbocycles. The van der Waals surface area contributed by atoms with E-state index in [1.807, 2.05) is 6.07 Å². The van der Waals surface area contributed by atoms with E-state index >= 15 is 0 Å². The predicted molar refractivity (Wildman–Crippen MR) is 105 cm³/mol. The molecule has 1 N–H and O–H groups in total. The smallest absolute Gasteiger partial charge is 0.196 e. The number of pyridine rings is 1. The number of benzene rings is 1. The summed E-state index contributed by atoms with van der Waals surface area (Å²) in [6.07, 6.45) is 3.69. The third-order valence-corrected chi connectivity index (χ3v) is 5.42. The van der Waals surface area contributed by atoms with Gasteiger partial charge in [0.15, 0.2) is 10.8 Å². The lowest BCUT2D eigenvalue weighted by atomic mass is 10.1. The average molecular weight is 366 g/mol. The van der Waals surface area contributed by atoms with E-state index in [4.69, 9.17) is 4.98 Å². The molecule has 0 unspecified atom stereocenters. The van der Waals surface area contributed by atoms with Crippen molar-refractivity contribution in [3.8, 4) is 11.3 Å². The van der Waals surface area contributed by atoms with Crippen molar-refractivity contribution in [1.82, 2.24) is 14.4 Å². The SMILES string of the molecule is CCc1csc2nc(-c3ccncc3F)c(Nc3c(C)cccc3C)n12. The van der Waals surface area contributed by atoms with Gasteiger partial charge in [0.25, 0.3) is 0 Å². The number of hydrogen-bond donors (Lipinski definition) is 1. The minimum Gasteiger partial charge on any atom is -0.339 e. The molecule has 3 heterocycles. The number of hydrogen-bond acceptors (Lipinski definition) is 4. The van der Waals surface area contributed by atoms with Crippen molar-refractivity contribution in [2.45, 2.75) is 27.2 Å². The van der Waals surface area contributed by atoms with Crippen molar-refractivity contribution in [3.63, 3.8) is 0 Å². The topological polar surface area (TPSA) is 42.2 Å². The highest BCUT2D eigenvalue weighted by Crippen LogP contribution is 2.36. The van der Waals surface area contributed by atoms with Crippen LogP contribution >= 0.6 is 11.3 Å². The molecule has 0 aliphatic carbocycles. The first-order valence-electron chi connectivity index (χ1n) is 8.52. The summed E-state index contributed by atoms with van der Waals surface area (Å²) < 4.78 is 16.5. The molecular weight excluding hydrogens is 347 g/mol. The first-order valence-corrected chi connectivity index (χ1v) is 9.40. The van der Waals surface area contributed by atoms with Crippen LogP contribution in [-0.2, 0) is 6.42 Å². The lowest BCUT2D eigenvalue weighted by Gasteiger charge is -2.14. The van der Waals surface area contributed by atoms with Gasteiger partial charge in [0, 0.05) is 28.5 Å². The van der Waals surface area contributed by atoms with Crippen LogP contribution in [0.3, 0.4) is 0 Å². The first-order chi connectivity index (χ1) is 12.6. The molecule has 0 bridgehead atoms. The summed E-state index contributed by atoms with van der Waals surface area (Å²) in [6.45, 7) is 6.24. The lowest BCUT2D eigenvalue weighted by Crippen LogP contribution is -2.02. The van der Waals surface area contributed by atoms with E-state index in [0.717, 1.165) is 39.7 Å². The number of nitrogens with one attached hydrogen (secondary N) is 1. The Labute approximate surface area is 155 Å². The van der Waals surface area contributed by atoms with Crippen LogP contribution in [0.4, 0.5) is 15.9 Å². The third-order valence-electron chi connectivity index (χ3n) is 4.55. The van der Waals surface area contributed by atoms with E-state index < -0.39 is 0 Å². The molecule has 4 rings (SSSR count). The monoisotopic (exact) mass is 366 g/mol. The van der Waals surface area contributed by atoms with Gasteiger partial charge < -0.3 is 5.32 Å². The third kappa shape index (κ3) is 2.66. The highest BCUT2D eigenvalue weighted by Gasteiger charge is 2.21. The van der Waals surface area contributed by atoms with E-state index in [-0.39, 0.29) is 5.82 Å². The molecule has 0 saturated carbocycles. The van der Waals surface area contributed by atoms with E-state index in [0.29, 0.717) is 11.3 Å². The van der Waals surface area contributed by atoms with E-state index in [9.17, 15) is 4.39 Å². The standard InChI is InChI=1S/C20H19FN4S/c1-4-14-11-26-20-24-18(15-8-9-22-10-16(15)21)19(25(14)20)23-17-12(2)6-5-7-13(17)3/h5-11,23H,4H2,1-3H3. The fraction of sp³-hybridized carbons (Fsp3) is 0.200. The van der Waals surface area contributed by atoms with Crippen molar-refractivity contribution in [3.05, 3.63) is 64.7 Å². The maximum atomic E-state index is 14.4. The minimum atomic E-state index is -0.374. The van der Waals surface area contributed by atoms with Gasteiger partial charge in [-0.15, -0.1) is 11.3 Å². The van der Waals surface area contributed by atoms with Gasteiger partial charge in [-0.1, -0.05) is 25.1 Å². The molecule has 3 aromatic heterocycles. The number of imidazole rings is 1. The number of nitrogens with zero attached hydrogens (tertiary/aromatic N) is 3. The van der Waals surface area contributed by atoms with Crippen molar-refractivity contribution in [2.24, 2.45) is 0 Å². The molecule has 0 aliphatic heterocycles. The van der Waals surface area contributed by atoms with Crippen LogP contribution in [0, 0.1) is 19.7 Å². The highest BCUT2D eigenvalue weighted by atomic mass is 32.1. The van der Waals surface area contributed by atoms with E-state index in [1.54, 1.807) is 23.6 Å². The van der Waals surface area contributed by atoms with Gasteiger partial charge in [-0.25, -0.2) is 9.37 Å². The summed E-state index contributed by atoms with van der Waals surface area (Å²) in [4.78, 5) is 9.43. The maximum Gasteiger partial charge on any atom is 0.196 e. The number of aryl methyl sites for hydroxylation is 3. The van der Waals surface area contributed by atoms with Crippen LogP contribution in [-0.4, -0.2) is 14.4 Å². The van der Waals surface area contributed by atoms with Crippen LogP contribution in [0.5, 0.6) is 0 Å². The molecule has 0 spiro atoms. The van der Waals surface area contributed by atoms with Crippen molar-refractivity contribution in [1.29, 1.82) is 0 Å². The average Bonchev–Trinajstić information content (AvgIpc) is 3.18. The highest BCUT2D eigenvalue weighted by molar-refractivity contribution is 7.15. The molecule has 0 aliphatic rings. The second-order valence-corrected chi connectivity index (χ2v) is 7.09. The van der Waals surface area contributed by atoms with Crippen molar-refractivity contribution in [2.75, 3.05) is 5.32 Å². The van der Waals surface area contributed by atoms with Crippen LogP contribution in [0.2, 0.25) is 0 Å².